The van der Waals surface area contributed by atoms with Crippen LogP contribution in [0.4, 0.5) is 0 Å². The third-order valence-corrected chi connectivity index (χ3v) is 4.22. The van der Waals surface area contributed by atoms with E-state index in [0.717, 1.165) is 12.8 Å². The highest BCUT2D eigenvalue weighted by Gasteiger charge is 2.25. The molecule has 0 saturated heterocycles. The molecule has 19 heavy (non-hydrogen) atoms. The van der Waals surface area contributed by atoms with Crippen LogP contribution >= 0.6 is 0 Å². The van der Waals surface area contributed by atoms with Crippen molar-refractivity contribution in [1.29, 1.82) is 0 Å². The summed E-state index contributed by atoms with van der Waals surface area (Å²) in [6.07, 6.45) is 8.29. The monoisotopic (exact) mass is 269 g/mol. The van der Waals surface area contributed by atoms with E-state index in [1.165, 1.54) is 32.1 Å². The first kappa shape index (κ1) is 16.0. The number of carboxylic acids is 1. The molecule has 0 spiro atoms. The summed E-state index contributed by atoms with van der Waals surface area (Å²) >= 11 is 0. The fourth-order valence-electron chi connectivity index (χ4n) is 2.95. The number of nitrogens with zero attached hydrogens (tertiary/aromatic N) is 1. The number of aliphatic carboxylic acids is 1. The molecule has 4 nitrogen and oxygen atoms in total. The fourth-order valence-corrected chi connectivity index (χ4v) is 2.95. The van der Waals surface area contributed by atoms with Crippen molar-refractivity contribution in [3.63, 3.8) is 0 Å². The molecule has 1 rings (SSSR count). The molecule has 4 heteroatoms. The molecule has 0 aromatic rings. The SMILES string of the molecule is CCC(CC1CCCCC1)C(=O)N(C)CCC(=O)O. The second-order valence-electron chi connectivity index (χ2n) is 5.75. The minimum Gasteiger partial charge on any atom is -0.481 e. The van der Waals surface area contributed by atoms with Gasteiger partial charge in [-0.2, -0.15) is 0 Å². The molecule has 1 aliphatic rings. The van der Waals surface area contributed by atoms with Gasteiger partial charge in [0.2, 0.25) is 5.91 Å². The van der Waals surface area contributed by atoms with E-state index in [4.69, 9.17) is 5.11 Å². The van der Waals surface area contributed by atoms with Crippen LogP contribution < -0.4 is 0 Å². The van der Waals surface area contributed by atoms with E-state index in [1.807, 2.05) is 0 Å². The van der Waals surface area contributed by atoms with Crippen molar-refractivity contribution >= 4 is 11.9 Å². The zero-order chi connectivity index (χ0) is 14.3. The van der Waals surface area contributed by atoms with Gasteiger partial charge in [0.1, 0.15) is 0 Å². The summed E-state index contributed by atoms with van der Waals surface area (Å²) in [5.41, 5.74) is 0. The Morgan fingerprint density at radius 3 is 2.42 bits per heavy atom. The van der Waals surface area contributed by atoms with E-state index in [2.05, 4.69) is 6.92 Å². The van der Waals surface area contributed by atoms with Crippen LogP contribution in [-0.2, 0) is 9.59 Å². The largest absolute Gasteiger partial charge is 0.481 e. The highest BCUT2D eigenvalue weighted by Crippen LogP contribution is 2.30. The highest BCUT2D eigenvalue weighted by molar-refractivity contribution is 5.79. The summed E-state index contributed by atoms with van der Waals surface area (Å²) in [5, 5.41) is 8.66. The van der Waals surface area contributed by atoms with Gasteiger partial charge >= 0.3 is 5.97 Å². The van der Waals surface area contributed by atoms with Crippen molar-refractivity contribution in [2.24, 2.45) is 11.8 Å². The van der Waals surface area contributed by atoms with Crippen LogP contribution in [0.3, 0.4) is 0 Å². The number of hydrogen-bond donors (Lipinski definition) is 1. The maximum absolute atomic E-state index is 12.3. The fraction of sp³-hybridized carbons (Fsp3) is 0.867. The third-order valence-electron chi connectivity index (χ3n) is 4.22. The predicted octanol–water partition coefficient (Wildman–Crippen LogP) is 2.92. The van der Waals surface area contributed by atoms with Gasteiger partial charge in [-0.1, -0.05) is 39.0 Å². The van der Waals surface area contributed by atoms with Crippen molar-refractivity contribution in [2.75, 3.05) is 13.6 Å². The zero-order valence-corrected chi connectivity index (χ0v) is 12.2. The summed E-state index contributed by atoms with van der Waals surface area (Å²) < 4.78 is 0. The lowest BCUT2D eigenvalue weighted by atomic mass is 9.81. The Morgan fingerprint density at radius 1 is 1.26 bits per heavy atom. The molecular formula is C15H27NO3. The molecule has 0 aromatic carbocycles. The number of hydrogen-bond acceptors (Lipinski definition) is 2. The van der Waals surface area contributed by atoms with E-state index >= 15 is 0 Å². The molecule has 0 heterocycles. The van der Waals surface area contributed by atoms with Crippen LogP contribution in [0.25, 0.3) is 0 Å². The molecule has 0 aliphatic heterocycles. The lowest BCUT2D eigenvalue weighted by molar-refractivity contribution is -0.139. The number of amides is 1. The minimum atomic E-state index is -0.847. The second kappa shape index (κ2) is 8.18. The normalized spacial score (nSPS) is 18.0. The Labute approximate surface area is 116 Å². The van der Waals surface area contributed by atoms with Crippen LogP contribution in [0.1, 0.15) is 58.3 Å². The quantitative estimate of drug-likeness (QED) is 0.773. The van der Waals surface area contributed by atoms with Gasteiger partial charge in [-0.15, -0.1) is 0 Å². The average Bonchev–Trinajstić information content (AvgIpc) is 2.42. The molecule has 1 aliphatic carbocycles. The van der Waals surface area contributed by atoms with Gasteiger partial charge < -0.3 is 10.0 Å². The molecule has 1 atom stereocenters. The molecule has 0 aromatic heterocycles. The first-order valence-electron chi connectivity index (χ1n) is 7.51. The Balaban J connectivity index is 2.43. The average molecular weight is 269 g/mol. The molecule has 1 N–H and O–H groups in total. The number of carboxylic acid groups (broad SMARTS) is 1. The van der Waals surface area contributed by atoms with Gasteiger partial charge in [0.15, 0.2) is 0 Å². The zero-order valence-electron chi connectivity index (χ0n) is 12.2. The Morgan fingerprint density at radius 2 is 1.89 bits per heavy atom. The molecule has 1 amide bonds. The van der Waals surface area contributed by atoms with Gasteiger partial charge in [-0.05, 0) is 18.8 Å². The van der Waals surface area contributed by atoms with Crippen molar-refractivity contribution in [1.82, 2.24) is 4.90 Å². The van der Waals surface area contributed by atoms with Gasteiger partial charge in [0.05, 0.1) is 6.42 Å². The topological polar surface area (TPSA) is 57.6 Å². The van der Waals surface area contributed by atoms with Crippen LogP contribution in [0, 0.1) is 11.8 Å². The lowest BCUT2D eigenvalue weighted by Gasteiger charge is -2.28. The van der Waals surface area contributed by atoms with Gasteiger partial charge in [0.25, 0.3) is 0 Å². The van der Waals surface area contributed by atoms with Crippen molar-refractivity contribution < 1.29 is 14.7 Å². The Hall–Kier alpha value is -1.06. The van der Waals surface area contributed by atoms with Crippen molar-refractivity contribution in [2.45, 2.75) is 58.3 Å². The summed E-state index contributed by atoms with van der Waals surface area (Å²) in [4.78, 5) is 24.4. The molecule has 0 bridgehead atoms. The van der Waals surface area contributed by atoms with Crippen LogP contribution in [0.5, 0.6) is 0 Å². The van der Waals surface area contributed by atoms with E-state index < -0.39 is 5.97 Å². The molecule has 110 valence electrons. The molecular weight excluding hydrogens is 242 g/mol. The molecule has 1 unspecified atom stereocenters. The maximum atomic E-state index is 12.3. The minimum absolute atomic E-state index is 0.0299. The second-order valence-corrected chi connectivity index (χ2v) is 5.75. The highest BCUT2D eigenvalue weighted by atomic mass is 16.4. The van der Waals surface area contributed by atoms with Crippen molar-refractivity contribution in [3.8, 4) is 0 Å². The van der Waals surface area contributed by atoms with Crippen LogP contribution in [-0.4, -0.2) is 35.5 Å². The molecule has 0 radical (unpaired) electrons. The smallest absolute Gasteiger partial charge is 0.305 e. The maximum Gasteiger partial charge on any atom is 0.305 e. The summed E-state index contributed by atoms with van der Waals surface area (Å²) in [7, 11) is 1.72. The standard InChI is InChI=1S/C15H27NO3/c1-3-13(11-12-7-5-4-6-8-12)15(19)16(2)10-9-14(17)18/h12-13H,3-11H2,1-2H3,(H,17,18). The molecule has 1 saturated carbocycles. The number of rotatable bonds is 7. The number of carbonyl (C=O) groups excluding carboxylic acids is 1. The van der Waals surface area contributed by atoms with Crippen LogP contribution in [0.2, 0.25) is 0 Å². The van der Waals surface area contributed by atoms with Crippen LogP contribution in [0.15, 0.2) is 0 Å². The predicted molar refractivity (Wildman–Crippen MR) is 74.9 cm³/mol. The lowest BCUT2D eigenvalue weighted by Crippen LogP contribution is -2.35. The van der Waals surface area contributed by atoms with E-state index in [1.54, 1.807) is 11.9 Å². The van der Waals surface area contributed by atoms with Crippen molar-refractivity contribution in [3.05, 3.63) is 0 Å². The Kier molecular flexibility index (Phi) is 6.89. The summed E-state index contributed by atoms with van der Waals surface area (Å²) in [6, 6.07) is 0. The van der Waals surface area contributed by atoms with Gasteiger partial charge in [-0.25, -0.2) is 0 Å². The summed E-state index contributed by atoms with van der Waals surface area (Å²) in [5.74, 6) is 0.0340. The van der Waals surface area contributed by atoms with E-state index in [9.17, 15) is 9.59 Å². The Bertz CT molecular complexity index is 298. The summed E-state index contributed by atoms with van der Waals surface area (Å²) in [6.45, 7) is 2.37. The third kappa shape index (κ3) is 5.62. The van der Waals surface area contributed by atoms with E-state index in [0.29, 0.717) is 12.5 Å². The number of carbonyl (C=O) groups is 2. The van der Waals surface area contributed by atoms with E-state index in [-0.39, 0.29) is 18.2 Å². The first-order valence-corrected chi connectivity index (χ1v) is 7.51. The molecule has 1 fully saturated rings. The van der Waals surface area contributed by atoms with Gasteiger partial charge in [0, 0.05) is 19.5 Å². The van der Waals surface area contributed by atoms with Gasteiger partial charge in [-0.3, -0.25) is 9.59 Å². The first-order chi connectivity index (χ1) is 9.04.